The van der Waals surface area contributed by atoms with Crippen LogP contribution in [0.3, 0.4) is 0 Å². The topological polar surface area (TPSA) is 38.0 Å². The summed E-state index contributed by atoms with van der Waals surface area (Å²) in [6, 6.07) is 5.58. The molecular formula is C13H13BrClIN2O. The summed E-state index contributed by atoms with van der Waals surface area (Å²) in [5.41, 5.74) is 1.53. The van der Waals surface area contributed by atoms with Crippen LogP contribution >= 0.6 is 50.1 Å². The molecule has 0 aliphatic carbocycles. The maximum absolute atomic E-state index is 10.5. The lowest BCUT2D eigenvalue weighted by Crippen LogP contribution is -2.10. The van der Waals surface area contributed by atoms with Crippen LogP contribution in [0.4, 0.5) is 0 Å². The molecule has 2 aromatic rings. The molecule has 1 heterocycles. The van der Waals surface area contributed by atoms with Gasteiger partial charge < -0.3 is 5.11 Å². The molecule has 1 unspecified atom stereocenters. The first-order chi connectivity index (χ1) is 9.04. The van der Waals surface area contributed by atoms with Crippen molar-refractivity contribution in [2.75, 3.05) is 0 Å². The van der Waals surface area contributed by atoms with Crippen molar-refractivity contribution < 1.29 is 5.11 Å². The monoisotopic (exact) mass is 454 g/mol. The zero-order valence-electron chi connectivity index (χ0n) is 10.3. The summed E-state index contributed by atoms with van der Waals surface area (Å²) in [5, 5.41) is 15.4. The molecule has 1 aromatic heterocycles. The van der Waals surface area contributed by atoms with Gasteiger partial charge in [-0.25, -0.2) is 0 Å². The van der Waals surface area contributed by atoms with Gasteiger partial charge in [0.05, 0.1) is 21.4 Å². The Morgan fingerprint density at radius 3 is 2.89 bits per heavy atom. The summed E-state index contributed by atoms with van der Waals surface area (Å²) < 4.78 is 3.60. The van der Waals surface area contributed by atoms with Crippen molar-refractivity contribution in [1.82, 2.24) is 9.78 Å². The molecule has 0 spiro atoms. The largest absolute Gasteiger partial charge is 0.382 e. The third kappa shape index (κ3) is 3.32. The standard InChI is InChI=1S/C13H13BrClIN2O/c1-2-5-18-12(9(14)7-17-18)13(19)8-3-4-11(16)10(15)6-8/h3-4,6-7,13,19H,2,5H2,1H3. The fraction of sp³-hybridized carbons (Fsp3) is 0.308. The van der Waals surface area contributed by atoms with E-state index in [1.54, 1.807) is 12.3 Å². The van der Waals surface area contributed by atoms with E-state index < -0.39 is 6.10 Å². The van der Waals surface area contributed by atoms with E-state index in [0.717, 1.165) is 32.3 Å². The number of aliphatic hydroxyl groups is 1. The van der Waals surface area contributed by atoms with Crippen molar-refractivity contribution >= 4 is 50.1 Å². The van der Waals surface area contributed by atoms with Gasteiger partial charge in [0.15, 0.2) is 0 Å². The highest BCUT2D eigenvalue weighted by molar-refractivity contribution is 14.1. The second-order valence-corrected chi connectivity index (χ2v) is 6.60. The molecule has 0 amide bonds. The molecule has 0 radical (unpaired) electrons. The molecule has 1 N–H and O–H groups in total. The number of rotatable bonds is 4. The molecular weight excluding hydrogens is 442 g/mol. The molecule has 1 aromatic carbocycles. The Hall–Kier alpha value is -0.110. The second kappa shape index (κ2) is 6.56. The lowest BCUT2D eigenvalue weighted by Gasteiger charge is -2.15. The van der Waals surface area contributed by atoms with Gasteiger partial charge in [-0.15, -0.1) is 0 Å². The van der Waals surface area contributed by atoms with Crippen LogP contribution in [0.15, 0.2) is 28.9 Å². The molecule has 3 nitrogen and oxygen atoms in total. The van der Waals surface area contributed by atoms with Gasteiger partial charge in [-0.05, 0) is 62.6 Å². The number of hydrogen-bond donors (Lipinski definition) is 1. The highest BCUT2D eigenvalue weighted by Crippen LogP contribution is 2.31. The van der Waals surface area contributed by atoms with Gasteiger partial charge in [-0.1, -0.05) is 24.6 Å². The number of benzene rings is 1. The molecule has 0 bridgehead atoms. The van der Waals surface area contributed by atoms with E-state index in [1.165, 1.54) is 0 Å². The Balaban J connectivity index is 2.40. The number of aryl methyl sites for hydroxylation is 1. The molecule has 6 heteroatoms. The first kappa shape index (κ1) is 15.3. The minimum Gasteiger partial charge on any atom is -0.382 e. The van der Waals surface area contributed by atoms with Gasteiger partial charge in [0.2, 0.25) is 0 Å². The average Bonchev–Trinajstić information content (AvgIpc) is 2.74. The minimum atomic E-state index is -0.738. The van der Waals surface area contributed by atoms with E-state index in [1.807, 2.05) is 16.8 Å². The average molecular weight is 456 g/mol. The SMILES string of the molecule is CCCn1ncc(Br)c1C(O)c1ccc(I)c(Cl)c1. The van der Waals surface area contributed by atoms with Crippen LogP contribution in [0, 0.1) is 3.57 Å². The molecule has 0 fully saturated rings. The van der Waals surface area contributed by atoms with Gasteiger partial charge in [0.25, 0.3) is 0 Å². The van der Waals surface area contributed by atoms with Crippen LogP contribution in [-0.4, -0.2) is 14.9 Å². The first-order valence-corrected chi connectivity index (χ1v) is 8.13. The van der Waals surface area contributed by atoms with Crippen LogP contribution in [0.1, 0.15) is 30.7 Å². The fourth-order valence-corrected chi connectivity index (χ4v) is 2.91. The third-order valence-corrected chi connectivity index (χ3v) is 4.97. The van der Waals surface area contributed by atoms with Crippen molar-refractivity contribution in [3.63, 3.8) is 0 Å². The Bertz CT molecular complexity index is 588. The summed E-state index contributed by atoms with van der Waals surface area (Å²) in [6.45, 7) is 2.85. The van der Waals surface area contributed by atoms with Crippen molar-refractivity contribution in [3.8, 4) is 0 Å². The van der Waals surface area contributed by atoms with Crippen molar-refractivity contribution in [3.05, 3.63) is 48.7 Å². The highest BCUT2D eigenvalue weighted by Gasteiger charge is 2.20. The lowest BCUT2D eigenvalue weighted by atomic mass is 10.1. The summed E-state index contributed by atoms with van der Waals surface area (Å²) in [6.07, 6.45) is 1.93. The zero-order valence-corrected chi connectivity index (χ0v) is 14.8. The third-order valence-electron chi connectivity index (χ3n) is 2.79. The van der Waals surface area contributed by atoms with E-state index in [0.29, 0.717) is 5.02 Å². The number of hydrogen-bond acceptors (Lipinski definition) is 2. The Labute approximate surface area is 139 Å². The van der Waals surface area contributed by atoms with Crippen LogP contribution in [0.2, 0.25) is 5.02 Å². The molecule has 0 saturated heterocycles. The lowest BCUT2D eigenvalue weighted by molar-refractivity contribution is 0.206. The Morgan fingerprint density at radius 2 is 2.26 bits per heavy atom. The first-order valence-electron chi connectivity index (χ1n) is 5.88. The van der Waals surface area contributed by atoms with Crippen LogP contribution < -0.4 is 0 Å². The highest BCUT2D eigenvalue weighted by atomic mass is 127. The van der Waals surface area contributed by atoms with E-state index in [4.69, 9.17) is 11.6 Å². The molecule has 1 atom stereocenters. The molecule has 0 aliphatic rings. The number of halogens is 3. The van der Waals surface area contributed by atoms with E-state index >= 15 is 0 Å². The van der Waals surface area contributed by atoms with E-state index in [-0.39, 0.29) is 0 Å². The van der Waals surface area contributed by atoms with Gasteiger partial charge in [0.1, 0.15) is 6.10 Å². The molecule has 102 valence electrons. The molecule has 0 aliphatic heterocycles. The maximum Gasteiger partial charge on any atom is 0.122 e. The molecule has 0 saturated carbocycles. The van der Waals surface area contributed by atoms with Gasteiger partial charge in [0, 0.05) is 10.1 Å². The quantitative estimate of drug-likeness (QED) is 0.695. The van der Waals surface area contributed by atoms with Gasteiger partial charge in [-0.3, -0.25) is 4.68 Å². The van der Waals surface area contributed by atoms with Crippen LogP contribution in [-0.2, 0) is 6.54 Å². The Morgan fingerprint density at radius 1 is 1.53 bits per heavy atom. The smallest absolute Gasteiger partial charge is 0.122 e. The zero-order chi connectivity index (χ0) is 14.0. The van der Waals surface area contributed by atoms with Crippen molar-refractivity contribution in [2.45, 2.75) is 26.0 Å². The minimum absolute atomic E-state index is 0.648. The molecule has 19 heavy (non-hydrogen) atoms. The van der Waals surface area contributed by atoms with Crippen LogP contribution in [0.25, 0.3) is 0 Å². The van der Waals surface area contributed by atoms with Crippen molar-refractivity contribution in [2.24, 2.45) is 0 Å². The summed E-state index contributed by atoms with van der Waals surface area (Å²) in [7, 11) is 0. The predicted octanol–water partition coefficient (Wildman–Crippen LogP) is 4.40. The van der Waals surface area contributed by atoms with Crippen LogP contribution in [0.5, 0.6) is 0 Å². The van der Waals surface area contributed by atoms with E-state index in [9.17, 15) is 5.11 Å². The second-order valence-electron chi connectivity index (χ2n) is 4.18. The summed E-state index contributed by atoms with van der Waals surface area (Å²) >= 11 is 11.7. The number of aromatic nitrogens is 2. The normalized spacial score (nSPS) is 12.7. The molecule has 2 rings (SSSR count). The summed E-state index contributed by atoms with van der Waals surface area (Å²) in [4.78, 5) is 0. The maximum atomic E-state index is 10.5. The van der Waals surface area contributed by atoms with Gasteiger partial charge >= 0.3 is 0 Å². The number of aliphatic hydroxyl groups excluding tert-OH is 1. The van der Waals surface area contributed by atoms with Gasteiger partial charge in [-0.2, -0.15) is 5.10 Å². The fourth-order valence-electron chi connectivity index (χ4n) is 1.87. The predicted molar refractivity (Wildman–Crippen MR) is 88.4 cm³/mol. The van der Waals surface area contributed by atoms with Crippen molar-refractivity contribution in [1.29, 1.82) is 0 Å². The Kier molecular flexibility index (Phi) is 5.28. The number of nitrogens with zero attached hydrogens (tertiary/aromatic N) is 2. The summed E-state index contributed by atoms with van der Waals surface area (Å²) in [5.74, 6) is 0. The van der Waals surface area contributed by atoms with E-state index in [2.05, 4.69) is 50.5 Å².